The highest BCUT2D eigenvalue weighted by Gasteiger charge is 2.13. The van der Waals surface area contributed by atoms with Gasteiger partial charge in [-0.1, -0.05) is 26.7 Å². The van der Waals surface area contributed by atoms with E-state index in [1.54, 1.807) is 0 Å². The van der Waals surface area contributed by atoms with Crippen LogP contribution in [0.4, 0.5) is 0 Å². The fraction of sp³-hybridized carbons (Fsp3) is 0.700. The van der Waals surface area contributed by atoms with Crippen LogP contribution >= 0.6 is 0 Å². The molecule has 0 spiro atoms. The van der Waals surface area contributed by atoms with Crippen LogP contribution in [0, 0.1) is 24.7 Å². The maximum Gasteiger partial charge on any atom is 0.0677 e. The van der Waals surface area contributed by atoms with Crippen molar-refractivity contribution in [2.45, 2.75) is 39.2 Å². The van der Waals surface area contributed by atoms with Gasteiger partial charge in [0.25, 0.3) is 0 Å². The SMILES string of the molecule is [CH2]C#CCC(O)C(CC)CC. The van der Waals surface area contributed by atoms with E-state index in [9.17, 15) is 5.11 Å². The van der Waals surface area contributed by atoms with Gasteiger partial charge in [0.2, 0.25) is 0 Å². The van der Waals surface area contributed by atoms with Gasteiger partial charge in [-0.25, -0.2) is 0 Å². The zero-order chi connectivity index (χ0) is 8.69. The Morgan fingerprint density at radius 3 is 2.27 bits per heavy atom. The fourth-order valence-corrected chi connectivity index (χ4v) is 1.18. The molecule has 0 bridgehead atoms. The lowest BCUT2D eigenvalue weighted by molar-refractivity contribution is 0.107. The molecule has 0 aliphatic heterocycles. The van der Waals surface area contributed by atoms with Gasteiger partial charge < -0.3 is 5.11 Å². The molecule has 0 aliphatic carbocycles. The molecule has 0 aliphatic rings. The Labute approximate surface area is 69.8 Å². The normalized spacial score (nSPS) is 12.5. The van der Waals surface area contributed by atoms with Gasteiger partial charge in [-0.2, -0.15) is 0 Å². The molecule has 0 amide bonds. The van der Waals surface area contributed by atoms with Crippen LogP contribution in [0.5, 0.6) is 0 Å². The van der Waals surface area contributed by atoms with Gasteiger partial charge in [-0.05, 0) is 5.92 Å². The summed E-state index contributed by atoms with van der Waals surface area (Å²) in [5.74, 6) is 5.73. The average Bonchev–Trinajstić information content (AvgIpc) is 2.03. The fourth-order valence-electron chi connectivity index (χ4n) is 1.18. The number of hydrogen-bond donors (Lipinski definition) is 1. The summed E-state index contributed by atoms with van der Waals surface area (Å²) in [4.78, 5) is 0. The van der Waals surface area contributed by atoms with Crippen molar-refractivity contribution in [1.82, 2.24) is 0 Å². The summed E-state index contributed by atoms with van der Waals surface area (Å²) in [5.41, 5.74) is 0. The van der Waals surface area contributed by atoms with E-state index < -0.39 is 0 Å². The van der Waals surface area contributed by atoms with Crippen molar-refractivity contribution in [1.29, 1.82) is 0 Å². The van der Waals surface area contributed by atoms with Crippen molar-refractivity contribution >= 4 is 0 Å². The van der Waals surface area contributed by atoms with Gasteiger partial charge in [0, 0.05) is 13.3 Å². The maximum absolute atomic E-state index is 9.51. The third-order valence-electron chi connectivity index (χ3n) is 2.03. The summed E-state index contributed by atoms with van der Waals surface area (Å²) in [7, 11) is 0. The molecular weight excluding hydrogens is 136 g/mol. The van der Waals surface area contributed by atoms with Crippen LogP contribution in [0.1, 0.15) is 33.1 Å². The summed E-state index contributed by atoms with van der Waals surface area (Å²) in [6, 6.07) is 0. The van der Waals surface area contributed by atoms with Gasteiger partial charge in [0.05, 0.1) is 6.10 Å². The Kier molecular flexibility index (Phi) is 5.97. The molecule has 1 nitrogen and oxygen atoms in total. The summed E-state index contributed by atoms with van der Waals surface area (Å²) in [5, 5.41) is 9.51. The molecule has 1 N–H and O–H groups in total. The highest BCUT2D eigenvalue weighted by molar-refractivity contribution is 5.02. The van der Waals surface area contributed by atoms with Crippen LogP contribution in [-0.4, -0.2) is 11.2 Å². The topological polar surface area (TPSA) is 20.2 Å². The molecule has 11 heavy (non-hydrogen) atoms. The highest BCUT2D eigenvalue weighted by Crippen LogP contribution is 2.14. The van der Waals surface area contributed by atoms with E-state index in [1.807, 2.05) is 0 Å². The molecule has 0 saturated heterocycles. The van der Waals surface area contributed by atoms with E-state index in [-0.39, 0.29) is 6.10 Å². The Bertz CT molecular complexity index is 137. The minimum absolute atomic E-state index is 0.265. The molecule has 1 radical (unpaired) electrons. The molecule has 0 rings (SSSR count). The van der Waals surface area contributed by atoms with E-state index >= 15 is 0 Å². The number of rotatable bonds is 4. The molecule has 0 fully saturated rings. The van der Waals surface area contributed by atoms with Gasteiger partial charge in [-0.15, -0.1) is 11.8 Å². The molecule has 1 heteroatoms. The first-order valence-corrected chi connectivity index (χ1v) is 4.19. The van der Waals surface area contributed by atoms with Gasteiger partial charge in [0.1, 0.15) is 0 Å². The summed E-state index contributed by atoms with van der Waals surface area (Å²) >= 11 is 0. The molecule has 0 saturated carbocycles. The van der Waals surface area contributed by atoms with Crippen LogP contribution in [0.2, 0.25) is 0 Å². The minimum atomic E-state index is -0.265. The van der Waals surface area contributed by atoms with Crippen molar-refractivity contribution in [3.63, 3.8) is 0 Å². The quantitative estimate of drug-likeness (QED) is 0.612. The Balaban J connectivity index is 3.74. The van der Waals surface area contributed by atoms with Crippen LogP contribution in [-0.2, 0) is 0 Å². The largest absolute Gasteiger partial charge is 0.392 e. The van der Waals surface area contributed by atoms with Crippen molar-refractivity contribution in [3.8, 4) is 11.8 Å². The van der Waals surface area contributed by atoms with E-state index in [0.29, 0.717) is 12.3 Å². The van der Waals surface area contributed by atoms with Crippen LogP contribution in [0.3, 0.4) is 0 Å². The first kappa shape index (κ1) is 10.5. The highest BCUT2D eigenvalue weighted by atomic mass is 16.3. The summed E-state index contributed by atoms with van der Waals surface area (Å²) < 4.78 is 0. The van der Waals surface area contributed by atoms with Gasteiger partial charge in [-0.3, -0.25) is 0 Å². The van der Waals surface area contributed by atoms with Crippen LogP contribution < -0.4 is 0 Å². The second kappa shape index (κ2) is 6.24. The second-order valence-corrected chi connectivity index (χ2v) is 2.70. The monoisotopic (exact) mass is 153 g/mol. The van der Waals surface area contributed by atoms with Crippen LogP contribution in [0.25, 0.3) is 0 Å². The first-order valence-electron chi connectivity index (χ1n) is 4.19. The standard InChI is InChI=1S/C10H17O/c1-4-7-8-10(11)9(5-2)6-3/h9-11H,1,5-6,8H2,2-3H3. The number of hydrogen-bond acceptors (Lipinski definition) is 1. The van der Waals surface area contributed by atoms with Gasteiger partial charge in [0.15, 0.2) is 0 Å². The summed E-state index contributed by atoms with van der Waals surface area (Å²) in [6.45, 7) is 7.58. The lowest BCUT2D eigenvalue weighted by atomic mass is 9.95. The molecule has 1 unspecified atom stereocenters. The lowest BCUT2D eigenvalue weighted by Gasteiger charge is -2.17. The smallest absolute Gasteiger partial charge is 0.0677 e. The van der Waals surface area contributed by atoms with E-state index in [4.69, 9.17) is 0 Å². The summed E-state index contributed by atoms with van der Waals surface area (Å²) in [6.07, 6.45) is 2.35. The van der Waals surface area contributed by atoms with Crippen molar-refractivity contribution in [3.05, 3.63) is 6.92 Å². The Morgan fingerprint density at radius 1 is 1.36 bits per heavy atom. The zero-order valence-electron chi connectivity index (χ0n) is 7.43. The zero-order valence-corrected chi connectivity index (χ0v) is 7.43. The minimum Gasteiger partial charge on any atom is -0.392 e. The molecule has 63 valence electrons. The number of aliphatic hydroxyl groups excluding tert-OH is 1. The molecule has 0 heterocycles. The molecular formula is C10H17O. The number of aliphatic hydroxyl groups is 1. The third-order valence-corrected chi connectivity index (χ3v) is 2.03. The second-order valence-electron chi connectivity index (χ2n) is 2.70. The molecule has 0 aromatic rings. The van der Waals surface area contributed by atoms with E-state index in [0.717, 1.165) is 12.8 Å². The Morgan fingerprint density at radius 2 is 1.91 bits per heavy atom. The maximum atomic E-state index is 9.51. The van der Waals surface area contributed by atoms with Crippen molar-refractivity contribution < 1.29 is 5.11 Å². The van der Waals surface area contributed by atoms with Crippen LogP contribution in [0.15, 0.2) is 0 Å². The average molecular weight is 153 g/mol. The first-order chi connectivity index (χ1) is 5.26. The lowest BCUT2D eigenvalue weighted by Crippen LogP contribution is -2.18. The van der Waals surface area contributed by atoms with Crippen molar-refractivity contribution in [2.75, 3.05) is 0 Å². The van der Waals surface area contributed by atoms with E-state index in [1.165, 1.54) is 0 Å². The molecule has 0 aromatic carbocycles. The predicted molar refractivity (Wildman–Crippen MR) is 47.8 cm³/mol. The van der Waals surface area contributed by atoms with Gasteiger partial charge >= 0.3 is 0 Å². The molecule has 0 aromatic heterocycles. The van der Waals surface area contributed by atoms with Crippen molar-refractivity contribution in [2.24, 2.45) is 5.92 Å². The molecule has 1 atom stereocenters. The Hall–Kier alpha value is -0.480. The predicted octanol–water partition coefficient (Wildman–Crippen LogP) is 2.01. The van der Waals surface area contributed by atoms with E-state index in [2.05, 4.69) is 32.6 Å². The third kappa shape index (κ3) is 4.06.